The third-order valence-electron chi connectivity index (χ3n) is 3.36. The highest BCUT2D eigenvalue weighted by atomic mass is 16.3. The smallest absolute Gasteiger partial charge is 0.224 e. The van der Waals surface area contributed by atoms with E-state index >= 15 is 0 Å². The molecule has 1 aromatic rings. The number of anilines is 3. The summed E-state index contributed by atoms with van der Waals surface area (Å²) < 4.78 is 0. The van der Waals surface area contributed by atoms with Crippen LogP contribution in [0, 0.1) is 5.41 Å². The second-order valence-electron chi connectivity index (χ2n) is 5.82. The number of carbonyl (C=O) groups is 1. The summed E-state index contributed by atoms with van der Waals surface area (Å²) in [6.07, 6.45) is 1.25. The number of benzene rings is 1. The molecule has 2 rings (SSSR count). The van der Waals surface area contributed by atoms with Crippen LogP contribution in [0.15, 0.2) is 12.1 Å². The van der Waals surface area contributed by atoms with Gasteiger partial charge in [0.2, 0.25) is 5.91 Å². The number of nitrogens with one attached hydrogen (secondary N) is 2. The number of rotatable bonds is 4. The molecule has 0 atom stereocenters. The zero-order valence-electron chi connectivity index (χ0n) is 11.4. The van der Waals surface area contributed by atoms with Crippen molar-refractivity contribution in [2.75, 3.05) is 29.5 Å². The van der Waals surface area contributed by atoms with Crippen molar-refractivity contribution in [3.05, 3.63) is 17.7 Å². The minimum absolute atomic E-state index is 0.0361. The van der Waals surface area contributed by atoms with Gasteiger partial charge in [-0.1, -0.05) is 13.8 Å². The molecule has 1 aliphatic rings. The second-order valence-corrected chi connectivity index (χ2v) is 5.82. The highest BCUT2D eigenvalue weighted by molar-refractivity contribution is 5.95. The fourth-order valence-electron chi connectivity index (χ4n) is 1.99. The molecule has 0 saturated heterocycles. The summed E-state index contributed by atoms with van der Waals surface area (Å²) in [5.41, 5.74) is 9.15. The first kappa shape index (κ1) is 13.7. The Bertz CT molecular complexity index is 498. The van der Waals surface area contributed by atoms with E-state index < -0.39 is 0 Å². The molecular weight excluding hydrogens is 242 g/mol. The van der Waals surface area contributed by atoms with Crippen LogP contribution in [0.5, 0.6) is 0 Å². The van der Waals surface area contributed by atoms with Gasteiger partial charge >= 0.3 is 0 Å². The van der Waals surface area contributed by atoms with Crippen LogP contribution in [0.4, 0.5) is 17.1 Å². The van der Waals surface area contributed by atoms with E-state index in [1.807, 2.05) is 19.9 Å². The van der Waals surface area contributed by atoms with E-state index in [9.17, 15) is 9.90 Å². The molecule has 0 aromatic heterocycles. The van der Waals surface area contributed by atoms with Crippen molar-refractivity contribution in [3.8, 4) is 0 Å². The van der Waals surface area contributed by atoms with Crippen molar-refractivity contribution < 1.29 is 9.90 Å². The number of nitrogens with two attached hydrogens (primary N) is 1. The molecular formula is C14H21N3O2. The largest absolute Gasteiger partial charge is 0.397 e. The Balaban J connectivity index is 2.16. The highest BCUT2D eigenvalue weighted by Crippen LogP contribution is 2.31. The Hall–Kier alpha value is -1.75. The molecule has 0 aliphatic carbocycles. The Kier molecular flexibility index (Phi) is 3.66. The molecule has 1 heterocycles. The second kappa shape index (κ2) is 5.09. The maximum Gasteiger partial charge on any atom is 0.224 e. The van der Waals surface area contributed by atoms with Crippen LogP contribution < -0.4 is 16.4 Å². The number of hydrogen-bond donors (Lipinski definition) is 4. The van der Waals surface area contributed by atoms with Gasteiger partial charge in [-0.15, -0.1) is 0 Å². The summed E-state index contributed by atoms with van der Waals surface area (Å²) in [6, 6.07) is 3.78. The lowest BCUT2D eigenvalue weighted by Crippen LogP contribution is -2.27. The molecule has 1 aromatic carbocycles. The summed E-state index contributed by atoms with van der Waals surface area (Å²) in [5, 5.41) is 15.3. The van der Waals surface area contributed by atoms with E-state index in [0.717, 1.165) is 23.4 Å². The van der Waals surface area contributed by atoms with Crippen molar-refractivity contribution in [2.45, 2.75) is 26.7 Å². The Morgan fingerprint density at radius 1 is 1.42 bits per heavy atom. The zero-order valence-corrected chi connectivity index (χ0v) is 11.4. The van der Waals surface area contributed by atoms with Crippen LogP contribution in [0.3, 0.4) is 0 Å². The molecule has 0 bridgehead atoms. The molecule has 0 unspecified atom stereocenters. The highest BCUT2D eigenvalue weighted by Gasteiger charge is 2.19. The molecule has 5 N–H and O–H groups in total. The van der Waals surface area contributed by atoms with E-state index in [4.69, 9.17) is 5.73 Å². The van der Waals surface area contributed by atoms with Gasteiger partial charge in [0, 0.05) is 30.7 Å². The van der Waals surface area contributed by atoms with Crippen LogP contribution in [-0.4, -0.2) is 24.2 Å². The Morgan fingerprint density at radius 2 is 2.16 bits per heavy atom. The van der Waals surface area contributed by atoms with Crippen LogP contribution in [0.25, 0.3) is 0 Å². The van der Waals surface area contributed by atoms with E-state index in [1.165, 1.54) is 0 Å². The molecule has 5 nitrogen and oxygen atoms in total. The number of aliphatic hydroxyl groups is 1. The molecule has 5 heteroatoms. The zero-order chi connectivity index (χ0) is 14.0. The molecule has 19 heavy (non-hydrogen) atoms. The number of amides is 1. The summed E-state index contributed by atoms with van der Waals surface area (Å²) in [6.45, 7) is 4.71. The van der Waals surface area contributed by atoms with E-state index in [-0.39, 0.29) is 17.9 Å². The molecule has 0 radical (unpaired) electrons. The van der Waals surface area contributed by atoms with Gasteiger partial charge in [0.05, 0.1) is 11.4 Å². The first-order chi connectivity index (χ1) is 8.91. The van der Waals surface area contributed by atoms with Crippen molar-refractivity contribution in [2.24, 2.45) is 5.41 Å². The van der Waals surface area contributed by atoms with Gasteiger partial charge in [-0.3, -0.25) is 4.79 Å². The number of nitrogen functional groups attached to an aromatic ring is 1. The number of aliphatic hydroxyl groups excluding tert-OH is 1. The van der Waals surface area contributed by atoms with Crippen molar-refractivity contribution in [3.63, 3.8) is 0 Å². The molecule has 1 aliphatic heterocycles. The third kappa shape index (κ3) is 3.17. The topological polar surface area (TPSA) is 87.4 Å². The van der Waals surface area contributed by atoms with Crippen LogP contribution in [-0.2, 0) is 11.2 Å². The van der Waals surface area contributed by atoms with Gasteiger partial charge in [-0.2, -0.15) is 0 Å². The van der Waals surface area contributed by atoms with Gasteiger partial charge in [-0.25, -0.2) is 0 Å². The van der Waals surface area contributed by atoms with Gasteiger partial charge < -0.3 is 21.5 Å². The summed E-state index contributed by atoms with van der Waals surface area (Å²) in [7, 11) is 0. The average Bonchev–Trinajstić information content (AvgIpc) is 2.36. The van der Waals surface area contributed by atoms with Crippen LogP contribution in [0.1, 0.15) is 25.8 Å². The summed E-state index contributed by atoms with van der Waals surface area (Å²) >= 11 is 0. The molecule has 104 valence electrons. The third-order valence-corrected chi connectivity index (χ3v) is 3.36. The molecule has 0 fully saturated rings. The van der Waals surface area contributed by atoms with Crippen molar-refractivity contribution >= 4 is 23.0 Å². The van der Waals surface area contributed by atoms with Crippen LogP contribution >= 0.6 is 0 Å². The number of aryl methyl sites for hydroxylation is 1. The lowest BCUT2D eigenvalue weighted by Gasteiger charge is -2.25. The van der Waals surface area contributed by atoms with Crippen LogP contribution in [0.2, 0.25) is 0 Å². The SMILES string of the molecule is CC(C)(CO)CNc1cc2c(cc1N)NC(=O)CC2. The summed E-state index contributed by atoms with van der Waals surface area (Å²) in [4.78, 5) is 11.3. The Morgan fingerprint density at radius 3 is 2.84 bits per heavy atom. The minimum atomic E-state index is -0.198. The number of fused-ring (bicyclic) bond motifs is 1. The first-order valence-electron chi connectivity index (χ1n) is 6.48. The van der Waals surface area contributed by atoms with Gasteiger partial charge in [0.15, 0.2) is 0 Å². The van der Waals surface area contributed by atoms with Crippen molar-refractivity contribution in [1.29, 1.82) is 0 Å². The molecule has 0 spiro atoms. The monoisotopic (exact) mass is 263 g/mol. The summed E-state index contributed by atoms with van der Waals surface area (Å²) in [5.74, 6) is 0.0361. The maximum absolute atomic E-state index is 11.3. The van der Waals surface area contributed by atoms with Gasteiger partial charge in [0.1, 0.15) is 0 Å². The minimum Gasteiger partial charge on any atom is -0.397 e. The Labute approximate surface area is 113 Å². The van der Waals surface area contributed by atoms with Gasteiger partial charge in [0.25, 0.3) is 0 Å². The normalized spacial score (nSPS) is 14.8. The molecule has 0 saturated carbocycles. The maximum atomic E-state index is 11.3. The number of hydrogen-bond acceptors (Lipinski definition) is 4. The first-order valence-corrected chi connectivity index (χ1v) is 6.48. The van der Waals surface area contributed by atoms with E-state index in [1.54, 1.807) is 6.07 Å². The van der Waals surface area contributed by atoms with Crippen molar-refractivity contribution in [1.82, 2.24) is 0 Å². The fraction of sp³-hybridized carbons (Fsp3) is 0.500. The van der Waals surface area contributed by atoms with E-state index in [0.29, 0.717) is 18.7 Å². The molecule has 1 amide bonds. The number of carbonyl (C=O) groups excluding carboxylic acids is 1. The quantitative estimate of drug-likeness (QED) is 0.621. The van der Waals surface area contributed by atoms with Gasteiger partial charge in [-0.05, 0) is 24.1 Å². The lowest BCUT2D eigenvalue weighted by atomic mass is 9.94. The lowest BCUT2D eigenvalue weighted by molar-refractivity contribution is -0.116. The standard InChI is InChI=1S/C14H21N3O2/c1-14(2,8-18)7-16-12-5-9-3-4-13(19)17-11(9)6-10(12)15/h5-6,16,18H,3-4,7-8,15H2,1-2H3,(H,17,19). The predicted molar refractivity (Wildman–Crippen MR) is 77.2 cm³/mol. The average molecular weight is 263 g/mol. The van der Waals surface area contributed by atoms with E-state index in [2.05, 4.69) is 10.6 Å². The predicted octanol–water partition coefficient (Wildman–Crippen LogP) is 1.58. The fourth-order valence-corrected chi connectivity index (χ4v) is 1.99.